The second kappa shape index (κ2) is 7.67. The molecule has 3 aromatic rings. The van der Waals surface area contributed by atoms with Crippen LogP contribution in [-0.4, -0.2) is 14.7 Å². The minimum atomic E-state index is -0.457. The normalized spacial score (nSPS) is 11.2. The summed E-state index contributed by atoms with van der Waals surface area (Å²) >= 11 is 0. The number of rotatable bonds is 5. The molecule has 0 fully saturated rings. The molecule has 134 valence electrons. The maximum atomic E-state index is 10.8. The van der Waals surface area contributed by atoms with E-state index in [0.29, 0.717) is 17.7 Å². The third-order valence-electron chi connectivity index (χ3n) is 4.41. The van der Waals surface area contributed by atoms with Gasteiger partial charge in [0.05, 0.1) is 28.8 Å². The third-order valence-corrected chi connectivity index (χ3v) is 4.41. The van der Waals surface area contributed by atoms with Gasteiger partial charge in [-0.2, -0.15) is 10.4 Å². The van der Waals surface area contributed by atoms with E-state index in [1.165, 1.54) is 12.1 Å². The molecular weight excluding hydrogens is 340 g/mol. The lowest BCUT2D eigenvalue weighted by atomic mass is 10.0. The lowest BCUT2D eigenvalue weighted by Crippen LogP contribution is -2.03. The zero-order valence-electron chi connectivity index (χ0n) is 15.1. The lowest BCUT2D eigenvalue weighted by Gasteiger charge is -2.05. The first-order chi connectivity index (χ1) is 13.0. The van der Waals surface area contributed by atoms with E-state index in [9.17, 15) is 15.4 Å². The summed E-state index contributed by atoms with van der Waals surface area (Å²) in [6.07, 6.45) is 1.79. The van der Waals surface area contributed by atoms with Crippen LogP contribution >= 0.6 is 0 Å². The van der Waals surface area contributed by atoms with Crippen molar-refractivity contribution in [2.24, 2.45) is 0 Å². The molecular formula is C21H18N4O2. The van der Waals surface area contributed by atoms with Crippen LogP contribution in [0, 0.1) is 35.3 Å². The van der Waals surface area contributed by atoms with Crippen LogP contribution in [0.5, 0.6) is 0 Å². The molecule has 0 N–H and O–H groups in total. The molecule has 6 heteroatoms. The molecule has 3 rings (SSSR count). The molecule has 0 spiro atoms. The van der Waals surface area contributed by atoms with Gasteiger partial charge >= 0.3 is 0 Å². The van der Waals surface area contributed by atoms with Crippen LogP contribution in [0.25, 0.3) is 11.6 Å². The summed E-state index contributed by atoms with van der Waals surface area (Å²) < 4.78 is 1.92. The Morgan fingerprint density at radius 2 is 1.85 bits per heavy atom. The minimum absolute atomic E-state index is 0.000850. The zero-order valence-corrected chi connectivity index (χ0v) is 15.1. The topological polar surface area (TPSA) is 84.8 Å². The highest BCUT2D eigenvalue weighted by molar-refractivity contribution is 5.90. The van der Waals surface area contributed by atoms with E-state index in [1.54, 1.807) is 18.2 Å². The van der Waals surface area contributed by atoms with Crippen molar-refractivity contribution in [3.8, 4) is 6.07 Å². The van der Waals surface area contributed by atoms with Gasteiger partial charge in [-0.25, -0.2) is 0 Å². The van der Waals surface area contributed by atoms with Crippen molar-refractivity contribution in [3.05, 3.63) is 92.8 Å². The first-order valence-corrected chi connectivity index (χ1v) is 8.44. The molecule has 1 aromatic heterocycles. The average Bonchev–Trinajstić information content (AvgIpc) is 2.94. The third kappa shape index (κ3) is 3.93. The van der Waals surface area contributed by atoms with E-state index in [0.717, 1.165) is 22.5 Å². The highest BCUT2D eigenvalue weighted by Gasteiger charge is 2.13. The number of hydrogen-bond donors (Lipinski definition) is 0. The molecule has 27 heavy (non-hydrogen) atoms. The van der Waals surface area contributed by atoms with Crippen LogP contribution in [0.15, 0.2) is 54.6 Å². The van der Waals surface area contributed by atoms with Crippen molar-refractivity contribution in [1.29, 1.82) is 5.26 Å². The average molecular weight is 358 g/mol. The van der Waals surface area contributed by atoms with Gasteiger partial charge in [0.2, 0.25) is 0 Å². The molecule has 0 bridgehead atoms. The van der Waals surface area contributed by atoms with Crippen molar-refractivity contribution >= 4 is 17.3 Å². The van der Waals surface area contributed by atoms with Crippen molar-refractivity contribution in [2.45, 2.75) is 20.4 Å². The summed E-state index contributed by atoms with van der Waals surface area (Å²) in [6.45, 7) is 4.53. The van der Waals surface area contributed by atoms with Gasteiger partial charge in [0.15, 0.2) is 0 Å². The second-order valence-electron chi connectivity index (χ2n) is 6.20. The summed E-state index contributed by atoms with van der Waals surface area (Å²) in [7, 11) is 0. The monoisotopic (exact) mass is 358 g/mol. The number of aryl methyl sites for hydroxylation is 1. The smallest absolute Gasteiger partial charge is 0.265 e. The Kier molecular flexibility index (Phi) is 5.13. The summed E-state index contributed by atoms with van der Waals surface area (Å²) in [5.74, 6) is 0. The zero-order chi connectivity index (χ0) is 19.4. The van der Waals surface area contributed by atoms with Crippen molar-refractivity contribution < 1.29 is 4.92 Å². The maximum Gasteiger partial charge on any atom is 0.269 e. The summed E-state index contributed by atoms with van der Waals surface area (Å²) in [6, 6.07) is 18.2. The molecule has 0 aliphatic carbocycles. The molecule has 0 aliphatic heterocycles. The molecule has 1 heterocycles. The SMILES string of the molecule is Cc1nn(Cc2ccccc2)c(C)c1/C=C(\C#N)c1ccc([N+](=O)[O-])cc1. The lowest BCUT2D eigenvalue weighted by molar-refractivity contribution is -0.384. The number of nitro groups is 1. The highest BCUT2D eigenvalue weighted by Crippen LogP contribution is 2.24. The van der Waals surface area contributed by atoms with Gasteiger partial charge in [-0.3, -0.25) is 14.8 Å². The van der Waals surface area contributed by atoms with Crippen LogP contribution in [-0.2, 0) is 6.54 Å². The van der Waals surface area contributed by atoms with Crippen LogP contribution in [0.3, 0.4) is 0 Å². The fourth-order valence-electron chi connectivity index (χ4n) is 2.92. The largest absolute Gasteiger partial charge is 0.269 e. The number of aromatic nitrogens is 2. The number of nitriles is 1. The molecule has 2 aromatic carbocycles. The number of non-ortho nitro benzene ring substituents is 1. The predicted molar refractivity (Wildman–Crippen MR) is 104 cm³/mol. The number of allylic oxidation sites excluding steroid dienone is 1. The molecule has 0 unspecified atom stereocenters. The Morgan fingerprint density at radius 3 is 2.44 bits per heavy atom. The standard InChI is InChI=1S/C21H18N4O2/c1-15-21(16(2)24(23-15)14-17-6-4-3-5-7-17)12-19(13-22)18-8-10-20(11-9-18)25(26)27/h3-12H,14H2,1-2H3/b19-12+. The van der Waals surface area contributed by atoms with Crippen molar-refractivity contribution in [3.63, 3.8) is 0 Å². The molecule has 0 amide bonds. The predicted octanol–water partition coefficient (Wildman–Crippen LogP) is 4.52. The van der Waals surface area contributed by atoms with Crippen LogP contribution in [0.2, 0.25) is 0 Å². The van der Waals surface area contributed by atoms with Crippen LogP contribution in [0.4, 0.5) is 5.69 Å². The molecule has 0 saturated heterocycles. The van der Waals surface area contributed by atoms with Crippen LogP contribution < -0.4 is 0 Å². The summed E-state index contributed by atoms with van der Waals surface area (Å²) in [5.41, 5.74) is 4.91. The number of hydrogen-bond acceptors (Lipinski definition) is 4. The minimum Gasteiger partial charge on any atom is -0.265 e. The van der Waals surface area contributed by atoms with Gasteiger partial charge in [0.1, 0.15) is 0 Å². The Labute approximate surface area is 157 Å². The van der Waals surface area contributed by atoms with Crippen molar-refractivity contribution in [1.82, 2.24) is 9.78 Å². The number of nitrogens with zero attached hydrogens (tertiary/aromatic N) is 4. The van der Waals surface area contributed by atoms with Gasteiger partial charge < -0.3 is 0 Å². The van der Waals surface area contributed by atoms with E-state index < -0.39 is 4.92 Å². The molecule has 0 aliphatic rings. The quantitative estimate of drug-likeness (QED) is 0.381. The van der Waals surface area contributed by atoms with E-state index in [4.69, 9.17) is 0 Å². The molecule has 0 atom stereocenters. The van der Waals surface area contributed by atoms with E-state index in [1.807, 2.05) is 48.9 Å². The number of nitro benzene ring substituents is 1. The van der Waals surface area contributed by atoms with Gasteiger partial charge in [0.25, 0.3) is 5.69 Å². The van der Waals surface area contributed by atoms with Gasteiger partial charge in [-0.05, 0) is 43.2 Å². The molecule has 6 nitrogen and oxygen atoms in total. The van der Waals surface area contributed by atoms with Crippen LogP contribution in [0.1, 0.15) is 28.1 Å². The Hall–Kier alpha value is -3.72. The summed E-state index contributed by atoms with van der Waals surface area (Å²) in [4.78, 5) is 10.3. The fraction of sp³-hybridized carbons (Fsp3) is 0.143. The van der Waals surface area contributed by atoms with Gasteiger partial charge in [-0.1, -0.05) is 30.3 Å². The van der Waals surface area contributed by atoms with E-state index >= 15 is 0 Å². The Bertz CT molecular complexity index is 1040. The first kappa shape index (κ1) is 18.1. The van der Waals surface area contributed by atoms with Gasteiger partial charge in [0, 0.05) is 23.4 Å². The number of benzene rings is 2. The van der Waals surface area contributed by atoms with Crippen molar-refractivity contribution in [2.75, 3.05) is 0 Å². The highest BCUT2D eigenvalue weighted by atomic mass is 16.6. The fourth-order valence-corrected chi connectivity index (χ4v) is 2.92. The second-order valence-corrected chi connectivity index (χ2v) is 6.20. The maximum absolute atomic E-state index is 10.8. The Morgan fingerprint density at radius 1 is 1.19 bits per heavy atom. The Balaban J connectivity index is 1.95. The molecule has 0 saturated carbocycles. The van der Waals surface area contributed by atoms with E-state index in [-0.39, 0.29) is 5.69 Å². The summed E-state index contributed by atoms with van der Waals surface area (Å²) in [5, 5.41) is 25.0. The van der Waals surface area contributed by atoms with Gasteiger partial charge in [-0.15, -0.1) is 0 Å². The first-order valence-electron chi connectivity index (χ1n) is 8.44. The van der Waals surface area contributed by atoms with E-state index in [2.05, 4.69) is 11.2 Å². The molecule has 0 radical (unpaired) electrons.